The van der Waals surface area contributed by atoms with Crippen molar-refractivity contribution in [2.45, 2.75) is 25.9 Å². The Morgan fingerprint density at radius 3 is 3.00 bits per heavy atom. The van der Waals surface area contributed by atoms with Gasteiger partial charge in [0.15, 0.2) is 5.71 Å². The molecule has 2 N–H and O–H groups in total. The molecule has 1 unspecified atom stereocenters. The Balaban J connectivity index is 2.29. The Bertz CT molecular complexity index is 378. The number of hydrogen-bond acceptors (Lipinski definition) is 4. The second-order valence-corrected chi connectivity index (χ2v) is 3.11. The van der Waals surface area contributed by atoms with Crippen LogP contribution in [0.4, 0.5) is 0 Å². The zero-order chi connectivity index (χ0) is 12.0. The molecule has 1 aliphatic rings. The number of carbonyl (C=O) groups is 2. The predicted octanol–water partition coefficient (Wildman–Crippen LogP) is -0.255. The van der Waals surface area contributed by atoms with E-state index in [2.05, 4.69) is 22.3 Å². The van der Waals surface area contributed by atoms with Crippen LogP contribution in [0.25, 0.3) is 0 Å². The van der Waals surface area contributed by atoms with Crippen molar-refractivity contribution >= 4 is 17.6 Å². The molecule has 1 heterocycles. The zero-order valence-corrected chi connectivity index (χ0v) is 8.82. The first-order valence-corrected chi connectivity index (χ1v) is 4.78. The fourth-order valence-corrected chi connectivity index (χ4v) is 1.13. The number of carboxylic acid groups (broad SMARTS) is 1. The predicted molar refractivity (Wildman–Crippen MR) is 55.6 cm³/mol. The summed E-state index contributed by atoms with van der Waals surface area (Å²) in [7, 11) is 0. The molecule has 6 heteroatoms. The number of rotatable bonds is 4. The van der Waals surface area contributed by atoms with Crippen molar-refractivity contribution in [2.24, 2.45) is 5.16 Å². The van der Waals surface area contributed by atoms with Gasteiger partial charge in [0, 0.05) is 19.4 Å². The highest BCUT2D eigenvalue weighted by Gasteiger charge is 2.31. The fraction of sp³-hybridized carbons (Fsp3) is 0.500. The Kier molecular flexibility index (Phi) is 4.33. The van der Waals surface area contributed by atoms with Crippen LogP contribution >= 0.6 is 0 Å². The minimum Gasteiger partial charge on any atom is -0.477 e. The van der Waals surface area contributed by atoms with Crippen LogP contribution < -0.4 is 5.32 Å². The van der Waals surface area contributed by atoms with E-state index in [0.29, 0.717) is 13.0 Å². The molecule has 0 aliphatic carbocycles. The van der Waals surface area contributed by atoms with Crippen LogP contribution in [0.15, 0.2) is 5.16 Å². The molecule has 6 nitrogen and oxygen atoms in total. The second-order valence-electron chi connectivity index (χ2n) is 3.11. The molecule has 1 amide bonds. The maximum atomic E-state index is 11.4. The largest absolute Gasteiger partial charge is 0.477 e. The first kappa shape index (κ1) is 12.0. The molecule has 0 saturated heterocycles. The normalized spacial score (nSPS) is 17.8. The number of carbonyl (C=O) groups excluding carboxylic acids is 1. The van der Waals surface area contributed by atoms with Crippen LogP contribution in [0.5, 0.6) is 0 Å². The molecule has 0 saturated carbocycles. The molecule has 1 rings (SSSR count). The fourth-order valence-electron chi connectivity index (χ4n) is 1.13. The summed E-state index contributed by atoms with van der Waals surface area (Å²) < 4.78 is 0. The molecule has 0 aromatic rings. The van der Waals surface area contributed by atoms with E-state index in [1.807, 2.05) is 0 Å². The van der Waals surface area contributed by atoms with Gasteiger partial charge in [-0.15, -0.1) is 11.8 Å². The third kappa shape index (κ3) is 3.28. The molecule has 1 atom stereocenters. The topological polar surface area (TPSA) is 88.0 Å². The monoisotopic (exact) mass is 224 g/mol. The lowest BCUT2D eigenvalue weighted by Crippen LogP contribution is -2.35. The van der Waals surface area contributed by atoms with E-state index in [-0.39, 0.29) is 18.0 Å². The maximum absolute atomic E-state index is 11.4. The van der Waals surface area contributed by atoms with E-state index in [0.717, 1.165) is 0 Å². The van der Waals surface area contributed by atoms with Crippen molar-refractivity contribution in [3.8, 4) is 11.8 Å². The maximum Gasteiger partial charge on any atom is 0.353 e. The van der Waals surface area contributed by atoms with E-state index < -0.39 is 12.1 Å². The molecule has 16 heavy (non-hydrogen) atoms. The van der Waals surface area contributed by atoms with Crippen LogP contribution in [-0.4, -0.2) is 35.3 Å². The van der Waals surface area contributed by atoms with Gasteiger partial charge in [-0.05, 0) is 6.92 Å². The first-order chi connectivity index (χ1) is 7.65. The summed E-state index contributed by atoms with van der Waals surface area (Å²) in [5, 5.41) is 14.5. The van der Waals surface area contributed by atoms with Gasteiger partial charge in [0.05, 0.1) is 0 Å². The lowest BCUT2D eigenvalue weighted by Gasteiger charge is -2.07. The van der Waals surface area contributed by atoms with E-state index in [1.54, 1.807) is 6.92 Å². The molecule has 0 radical (unpaired) electrons. The molecule has 0 spiro atoms. The number of nitrogens with zero attached hydrogens (tertiary/aromatic N) is 1. The molecule has 86 valence electrons. The standard InChI is InChI=1S/C10H12N2O4/c1-2-3-4-5-11-9(13)8-6-7(10(14)15)12-16-8/h8H,4-6H2,1H3,(H,11,13)(H,14,15). The average molecular weight is 224 g/mol. The number of hydrogen-bond donors (Lipinski definition) is 2. The summed E-state index contributed by atoms with van der Waals surface area (Å²) in [4.78, 5) is 26.6. The second kappa shape index (κ2) is 5.75. The number of aliphatic carboxylic acids is 1. The SMILES string of the molecule is CC#CCCNC(=O)C1CC(C(=O)O)=NO1. The van der Waals surface area contributed by atoms with Crippen LogP contribution in [0.3, 0.4) is 0 Å². The lowest BCUT2D eigenvalue weighted by molar-refractivity contribution is -0.131. The van der Waals surface area contributed by atoms with Crippen molar-refractivity contribution in [2.75, 3.05) is 6.54 Å². The van der Waals surface area contributed by atoms with Crippen molar-refractivity contribution in [3.05, 3.63) is 0 Å². The summed E-state index contributed by atoms with van der Waals surface area (Å²) in [6.45, 7) is 2.14. The summed E-state index contributed by atoms with van der Waals surface area (Å²) in [6.07, 6.45) is -0.275. The van der Waals surface area contributed by atoms with Crippen molar-refractivity contribution in [1.82, 2.24) is 5.32 Å². The number of nitrogens with one attached hydrogen (secondary N) is 1. The summed E-state index contributed by atoms with van der Waals surface area (Å²) in [6, 6.07) is 0. The molecule has 0 aromatic heterocycles. The van der Waals surface area contributed by atoms with E-state index in [4.69, 9.17) is 9.94 Å². The van der Waals surface area contributed by atoms with Gasteiger partial charge in [0.2, 0.25) is 6.10 Å². The Labute approximate surface area is 92.6 Å². The van der Waals surface area contributed by atoms with E-state index >= 15 is 0 Å². The van der Waals surface area contributed by atoms with Gasteiger partial charge in [-0.25, -0.2) is 4.79 Å². The van der Waals surface area contributed by atoms with Crippen LogP contribution in [0.1, 0.15) is 19.8 Å². The number of oxime groups is 1. The van der Waals surface area contributed by atoms with Crippen molar-refractivity contribution in [3.63, 3.8) is 0 Å². The Hall–Kier alpha value is -2.03. The van der Waals surface area contributed by atoms with E-state index in [1.165, 1.54) is 0 Å². The quantitative estimate of drug-likeness (QED) is 0.509. The van der Waals surface area contributed by atoms with Gasteiger partial charge < -0.3 is 15.3 Å². The van der Waals surface area contributed by atoms with Crippen LogP contribution in [0.2, 0.25) is 0 Å². The van der Waals surface area contributed by atoms with Gasteiger partial charge in [0.1, 0.15) is 0 Å². The highest BCUT2D eigenvalue weighted by molar-refractivity contribution is 6.36. The van der Waals surface area contributed by atoms with Gasteiger partial charge in [-0.1, -0.05) is 5.16 Å². The van der Waals surface area contributed by atoms with E-state index in [9.17, 15) is 9.59 Å². The Morgan fingerprint density at radius 1 is 1.69 bits per heavy atom. The van der Waals surface area contributed by atoms with Crippen molar-refractivity contribution < 1.29 is 19.5 Å². The first-order valence-electron chi connectivity index (χ1n) is 4.78. The highest BCUT2D eigenvalue weighted by atomic mass is 16.6. The van der Waals surface area contributed by atoms with Gasteiger partial charge >= 0.3 is 5.97 Å². The minimum atomic E-state index is -1.16. The highest BCUT2D eigenvalue weighted by Crippen LogP contribution is 2.10. The summed E-state index contributed by atoms with van der Waals surface area (Å²) in [5.74, 6) is 3.97. The molecular weight excluding hydrogens is 212 g/mol. The number of amides is 1. The summed E-state index contributed by atoms with van der Waals surface area (Å²) in [5.41, 5.74) is -0.131. The lowest BCUT2D eigenvalue weighted by atomic mass is 10.1. The number of carboxylic acids is 1. The molecular formula is C10H12N2O4. The molecule has 1 aliphatic heterocycles. The average Bonchev–Trinajstić information content (AvgIpc) is 2.73. The van der Waals surface area contributed by atoms with Crippen molar-refractivity contribution in [1.29, 1.82) is 0 Å². The smallest absolute Gasteiger partial charge is 0.353 e. The third-order valence-corrected chi connectivity index (χ3v) is 1.93. The van der Waals surface area contributed by atoms with Gasteiger partial charge in [0.25, 0.3) is 5.91 Å². The van der Waals surface area contributed by atoms with Gasteiger partial charge in [-0.3, -0.25) is 4.79 Å². The Morgan fingerprint density at radius 2 is 2.44 bits per heavy atom. The van der Waals surface area contributed by atoms with Crippen LogP contribution in [-0.2, 0) is 14.4 Å². The van der Waals surface area contributed by atoms with Gasteiger partial charge in [-0.2, -0.15) is 0 Å². The molecule has 0 fully saturated rings. The summed E-state index contributed by atoms with van der Waals surface area (Å²) >= 11 is 0. The third-order valence-electron chi connectivity index (χ3n) is 1.93. The minimum absolute atomic E-state index is 0.000618. The molecule has 0 bridgehead atoms. The zero-order valence-electron chi connectivity index (χ0n) is 8.82. The molecule has 0 aromatic carbocycles. The van der Waals surface area contributed by atoms with Crippen LogP contribution in [0, 0.1) is 11.8 Å².